The van der Waals surface area contributed by atoms with Gasteiger partial charge in [0.2, 0.25) is 10.0 Å². The van der Waals surface area contributed by atoms with Crippen LogP contribution in [0.2, 0.25) is 0 Å². The normalized spacial score (nSPS) is 21.7. The highest BCUT2D eigenvalue weighted by Gasteiger charge is 2.22. The number of carbonyl (C=O) groups excluding carboxylic acids is 1. The van der Waals surface area contributed by atoms with Crippen LogP contribution in [0.4, 0.5) is 0 Å². The smallest absolute Gasteiger partial charge is 0.251 e. The highest BCUT2D eigenvalue weighted by atomic mass is 35.5. The van der Waals surface area contributed by atoms with Crippen LogP contribution in [0.15, 0.2) is 24.3 Å². The van der Waals surface area contributed by atoms with E-state index in [9.17, 15) is 13.2 Å². The lowest BCUT2D eigenvalue weighted by molar-refractivity contribution is 0.0915. The van der Waals surface area contributed by atoms with Crippen molar-refractivity contribution in [1.82, 2.24) is 10.6 Å². The molecule has 1 saturated heterocycles. The zero-order valence-electron chi connectivity index (χ0n) is 12.4. The standard InChI is InChI=1S/C14H21N3O3S.ClH/c1-10-6-7-16-8-13(10)17-14(18)12-4-2-11(3-5-12)9-21(15,19)20;/h2-5,10,13,16H,6-9H2,1H3,(H,17,18)(H2,15,19,20);1H. The number of nitrogens with two attached hydrogens (primary N) is 1. The fraction of sp³-hybridized carbons (Fsp3) is 0.500. The fourth-order valence-corrected chi connectivity index (χ4v) is 3.08. The molecular weight excluding hydrogens is 326 g/mol. The molecule has 0 aliphatic carbocycles. The van der Waals surface area contributed by atoms with Gasteiger partial charge >= 0.3 is 0 Å². The Hall–Kier alpha value is -1.15. The van der Waals surface area contributed by atoms with Crippen molar-refractivity contribution in [2.45, 2.75) is 25.1 Å². The maximum Gasteiger partial charge on any atom is 0.251 e. The van der Waals surface area contributed by atoms with Gasteiger partial charge in [0.15, 0.2) is 0 Å². The molecule has 6 nitrogen and oxygen atoms in total. The number of hydrogen-bond acceptors (Lipinski definition) is 4. The van der Waals surface area contributed by atoms with Gasteiger partial charge in [-0.05, 0) is 36.6 Å². The van der Waals surface area contributed by atoms with E-state index in [1.54, 1.807) is 24.3 Å². The van der Waals surface area contributed by atoms with Gasteiger partial charge in [0, 0.05) is 18.2 Å². The van der Waals surface area contributed by atoms with Gasteiger partial charge in [-0.1, -0.05) is 19.1 Å². The van der Waals surface area contributed by atoms with Crippen molar-refractivity contribution in [3.8, 4) is 0 Å². The maximum absolute atomic E-state index is 12.2. The van der Waals surface area contributed by atoms with Gasteiger partial charge in [-0.25, -0.2) is 13.6 Å². The second-order valence-electron chi connectivity index (χ2n) is 5.55. The Labute approximate surface area is 137 Å². The van der Waals surface area contributed by atoms with Crippen molar-refractivity contribution in [3.05, 3.63) is 35.4 Å². The summed E-state index contributed by atoms with van der Waals surface area (Å²) in [5, 5.41) is 11.3. The van der Waals surface area contributed by atoms with Gasteiger partial charge in [-0.3, -0.25) is 4.79 Å². The first-order chi connectivity index (χ1) is 9.85. The van der Waals surface area contributed by atoms with Crippen LogP contribution in [0.3, 0.4) is 0 Å². The molecule has 0 bridgehead atoms. The largest absolute Gasteiger partial charge is 0.348 e. The summed E-state index contributed by atoms with van der Waals surface area (Å²) in [6.07, 6.45) is 1.04. The third-order valence-corrected chi connectivity index (χ3v) is 4.46. The summed E-state index contributed by atoms with van der Waals surface area (Å²) < 4.78 is 22.0. The van der Waals surface area contributed by atoms with E-state index in [0.717, 1.165) is 19.5 Å². The first-order valence-corrected chi connectivity index (χ1v) is 8.68. The number of piperidine rings is 1. The van der Waals surface area contributed by atoms with Crippen LogP contribution in [0.1, 0.15) is 29.3 Å². The van der Waals surface area contributed by atoms with E-state index in [1.165, 1.54) is 0 Å². The monoisotopic (exact) mass is 347 g/mol. The third kappa shape index (κ3) is 5.57. The molecule has 0 saturated carbocycles. The van der Waals surface area contributed by atoms with Crippen molar-refractivity contribution in [1.29, 1.82) is 0 Å². The zero-order valence-corrected chi connectivity index (χ0v) is 14.0. The molecule has 1 aliphatic heterocycles. The van der Waals surface area contributed by atoms with E-state index in [4.69, 9.17) is 5.14 Å². The molecule has 1 aromatic rings. The predicted molar refractivity (Wildman–Crippen MR) is 88.4 cm³/mol. The molecule has 2 unspecified atom stereocenters. The lowest BCUT2D eigenvalue weighted by atomic mass is 9.94. The van der Waals surface area contributed by atoms with Crippen molar-refractivity contribution in [2.24, 2.45) is 11.1 Å². The average molecular weight is 348 g/mol. The predicted octanol–water partition coefficient (Wildman–Crippen LogP) is 0.625. The Morgan fingerprint density at radius 3 is 2.55 bits per heavy atom. The second kappa shape index (κ2) is 7.92. The molecule has 1 amide bonds. The van der Waals surface area contributed by atoms with Crippen LogP contribution in [-0.4, -0.2) is 33.5 Å². The van der Waals surface area contributed by atoms with Gasteiger partial charge in [0.1, 0.15) is 0 Å². The Morgan fingerprint density at radius 1 is 1.36 bits per heavy atom. The molecule has 22 heavy (non-hydrogen) atoms. The molecule has 1 heterocycles. The lowest BCUT2D eigenvalue weighted by Gasteiger charge is -2.30. The Morgan fingerprint density at radius 2 is 2.00 bits per heavy atom. The maximum atomic E-state index is 12.2. The van der Waals surface area contributed by atoms with Crippen molar-refractivity contribution in [2.75, 3.05) is 13.1 Å². The summed E-state index contributed by atoms with van der Waals surface area (Å²) in [6, 6.07) is 6.59. The molecule has 124 valence electrons. The number of nitrogens with one attached hydrogen (secondary N) is 2. The number of hydrogen-bond donors (Lipinski definition) is 3. The molecule has 0 spiro atoms. The van der Waals surface area contributed by atoms with Crippen LogP contribution in [-0.2, 0) is 15.8 Å². The summed E-state index contributed by atoms with van der Waals surface area (Å²) in [6.45, 7) is 3.88. The molecule has 0 aromatic heterocycles. The van der Waals surface area contributed by atoms with Gasteiger partial charge in [-0.2, -0.15) is 0 Å². The highest BCUT2D eigenvalue weighted by molar-refractivity contribution is 7.88. The quantitative estimate of drug-likeness (QED) is 0.743. The summed E-state index contributed by atoms with van der Waals surface area (Å²) >= 11 is 0. The summed E-state index contributed by atoms with van der Waals surface area (Å²) in [5.74, 6) is 0.0768. The third-order valence-electron chi connectivity index (χ3n) is 3.73. The van der Waals surface area contributed by atoms with E-state index in [1.807, 2.05) is 0 Å². The highest BCUT2D eigenvalue weighted by Crippen LogP contribution is 2.13. The number of carbonyl (C=O) groups is 1. The van der Waals surface area contributed by atoms with Gasteiger partial charge in [-0.15, -0.1) is 12.4 Å². The van der Waals surface area contributed by atoms with Crippen molar-refractivity contribution in [3.63, 3.8) is 0 Å². The van der Waals surface area contributed by atoms with Gasteiger partial charge in [0.05, 0.1) is 5.75 Å². The zero-order chi connectivity index (χ0) is 15.5. The van der Waals surface area contributed by atoms with Crippen LogP contribution < -0.4 is 15.8 Å². The van der Waals surface area contributed by atoms with Crippen LogP contribution >= 0.6 is 12.4 Å². The molecule has 1 fully saturated rings. The van der Waals surface area contributed by atoms with Crippen LogP contribution in [0.5, 0.6) is 0 Å². The molecule has 2 rings (SSSR count). The molecule has 1 aliphatic rings. The number of sulfonamides is 1. The van der Waals surface area contributed by atoms with E-state index in [2.05, 4.69) is 17.6 Å². The molecule has 0 radical (unpaired) electrons. The summed E-state index contributed by atoms with van der Waals surface area (Å²) in [4.78, 5) is 12.2. The topological polar surface area (TPSA) is 101 Å². The molecule has 1 aromatic carbocycles. The van der Waals surface area contributed by atoms with E-state index in [0.29, 0.717) is 17.0 Å². The Kier molecular flexibility index (Phi) is 6.80. The fourth-order valence-electron chi connectivity index (χ4n) is 2.42. The second-order valence-corrected chi connectivity index (χ2v) is 7.17. The molecule has 4 N–H and O–H groups in total. The van der Waals surface area contributed by atoms with E-state index < -0.39 is 10.0 Å². The first kappa shape index (κ1) is 18.9. The minimum Gasteiger partial charge on any atom is -0.348 e. The minimum atomic E-state index is -3.55. The number of primary sulfonamides is 1. The molecule has 2 atom stereocenters. The van der Waals surface area contributed by atoms with E-state index in [-0.39, 0.29) is 30.1 Å². The molecular formula is C14H22ClN3O3S. The number of benzene rings is 1. The van der Waals surface area contributed by atoms with Gasteiger partial charge in [0.25, 0.3) is 5.91 Å². The summed E-state index contributed by atoms with van der Waals surface area (Å²) in [5.41, 5.74) is 1.09. The molecule has 8 heteroatoms. The van der Waals surface area contributed by atoms with E-state index >= 15 is 0 Å². The number of halogens is 1. The Bertz CT molecular complexity index is 604. The number of amides is 1. The lowest BCUT2D eigenvalue weighted by Crippen LogP contribution is -2.50. The van der Waals surface area contributed by atoms with Crippen LogP contribution in [0, 0.1) is 5.92 Å². The Balaban J connectivity index is 0.00000242. The first-order valence-electron chi connectivity index (χ1n) is 6.96. The minimum absolute atomic E-state index is 0. The number of rotatable bonds is 4. The van der Waals surface area contributed by atoms with Crippen molar-refractivity contribution < 1.29 is 13.2 Å². The van der Waals surface area contributed by atoms with Gasteiger partial charge < -0.3 is 10.6 Å². The SMILES string of the molecule is CC1CCNCC1NC(=O)c1ccc(CS(N)(=O)=O)cc1.Cl. The summed E-state index contributed by atoms with van der Waals surface area (Å²) in [7, 11) is -3.55. The van der Waals surface area contributed by atoms with Crippen LogP contribution in [0.25, 0.3) is 0 Å². The van der Waals surface area contributed by atoms with Crippen molar-refractivity contribution >= 4 is 28.3 Å². The average Bonchev–Trinajstić information content (AvgIpc) is 2.40.